The summed E-state index contributed by atoms with van der Waals surface area (Å²) in [4.78, 5) is 18.4. The fourth-order valence-electron chi connectivity index (χ4n) is 5.06. The number of H-pyrrole nitrogens is 1. The molecule has 37 heavy (non-hydrogen) atoms. The average molecular weight is 499 g/mol. The maximum Gasteiger partial charge on any atom is 0.334 e. The van der Waals surface area contributed by atoms with Crippen LogP contribution in [-0.2, 0) is 18.4 Å². The maximum absolute atomic E-state index is 14.0. The van der Waals surface area contributed by atoms with Gasteiger partial charge in [-0.3, -0.25) is 14.1 Å². The van der Waals surface area contributed by atoms with Crippen molar-refractivity contribution in [3.05, 3.63) is 82.8 Å². The van der Waals surface area contributed by atoms with Gasteiger partial charge in [-0.15, -0.1) is 10.2 Å². The van der Waals surface area contributed by atoms with Crippen LogP contribution < -0.4 is 5.69 Å². The quantitative estimate of drug-likeness (QED) is 0.338. The number of hydrogen-bond acceptors (Lipinski definition) is 5. The molecule has 0 aliphatic carbocycles. The first-order chi connectivity index (χ1) is 18.1. The Labute approximate surface area is 216 Å². The molecule has 192 valence electrons. The number of tetrazole rings is 1. The molecule has 4 heterocycles. The van der Waals surface area contributed by atoms with Gasteiger partial charge in [-0.1, -0.05) is 44.5 Å². The van der Waals surface area contributed by atoms with Crippen molar-refractivity contribution in [2.75, 3.05) is 0 Å². The highest BCUT2D eigenvalue weighted by atomic mass is 16.1. The van der Waals surface area contributed by atoms with Crippen LogP contribution >= 0.6 is 0 Å². The maximum atomic E-state index is 14.0. The lowest BCUT2D eigenvalue weighted by molar-refractivity contribution is 0.437. The van der Waals surface area contributed by atoms with Crippen LogP contribution in [0.25, 0.3) is 17.2 Å². The topological polar surface area (TPSA) is 98.7 Å². The Kier molecular flexibility index (Phi) is 7.03. The summed E-state index contributed by atoms with van der Waals surface area (Å²) >= 11 is 0. The fraction of sp³-hybridized carbons (Fsp3) is 0.393. The number of nitrogens with one attached hydrogen (secondary N) is 1. The molecule has 1 aromatic carbocycles. The molecule has 0 saturated carbocycles. The normalized spacial score (nSPS) is 17.9. The number of unbranched alkanes of at least 4 members (excludes halogenated alkanes) is 1. The second-order valence-corrected chi connectivity index (χ2v) is 9.82. The van der Waals surface area contributed by atoms with Gasteiger partial charge in [0.05, 0.1) is 0 Å². The lowest BCUT2D eigenvalue weighted by Gasteiger charge is -2.32. The number of rotatable bonds is 10. The van der Waals surface area contributed by atoms with Gasteiger partial charge in [0.25, 0.3) is 0 Å². The number of imidazole rings is 1. The fourth-order valence-corrected chi connectivity index (χ4v) is 5.06. The number of hydrogen-bond donors (Lipinski definition) is 1. The SMILES string of the molecule is CCCCc1cn(-c2cccn2C(C)CC)c(=O)n1CC1(c2cccc(-c3nn[nH]n3)c2)C=CN=CC1. The first kappa shape index (κ1) is 24.7. The predicted octanol–water partition coefficient (Wildman–Crippen LogP) is 4.86. The Morgan fingerprint density at radius 1 is 1.19 bits per heavy atom. The van der Waals surface area contributed by atoms with E-state index in [-0.39, 0.29) is 5.69 Å². The Balaban J connectivity index is 1.60. The van der Waals surface area contributed by atoms with Crippen molar-refractivity contribution in [1.82, 2.24) is 34.3 Å². The molecule has 0 radical (unpaired) electrons. The van der Waals surface area contributed by atoms with Gasteiger partial charge in [0, 0.05) is 54.1 Å². The number of benzene rings is 1. The second kappa shape index (κ2) is 10.5. The van der Waals surface area contributed by atoms with E-state index < -0.39 is 5.41 Å². The van der Waals surface area contributed by atoms with Crippen LogP contribution in [0.2, 0.25) is 0 Å². The second-order valence-electron chi connectivity index (χ2n) is 9.82. The van der Waals surface area contributed by atoms with Crippen molar-refractivity contribution >= 4 is 6.21 Å². The van der Waals surface area contributed by atoms with Crippen LogP contribution in [0.3, 0.4) is 0 Å². The van der Waals surface area contributed by atoms with Crippen LogP contribution in [0.15, 0.2) is 70.9 Å². The van der Waals surface area contributed by atoms with Crippen molar-refractivity contribution in [2.45, 2.75) is 70.9 Å². The Morgan fingerprint density at radius 3 is 2.81 bits per heavy atom. The highest BCUT2D eigenvalue weighted by Gasteiger charge is 2.33. The van der Waals surface area contributed by atoms with Crippen LogP contribution in [0.1, 0.15) is 63.8 Å². The molecule has 2 atom stereocenters. The van der Waals surface area contributed by atoms with E-state index in [2.05, 4.69) is 75.4 Å². The Bertz CT molecular complexity index is 1460. The standard InChI is InChI=1S/C28H34N8O/c1-4-6-11-24-19-35(25-12-8-17-34(25)21(3)5-2)27(37)36(24)20-28(13-15-29-16-14-28)23-10-7-9-22(18-23)26-30-32-33-31-26/h7-10,12-13,15-19,21H,4-6,11,14,20H2,1-3H3,(H,30,31,32,33). The largest absolute Gasteiger partial charge is 0.334 e. The number of aliphatic imine (C=N–C) groups is 1. The van der Waals surface area contributed by atoms with Crippen LogP contribution in [0.5, 0.6) is 0 Å². The molecule has 3 aromatic heterocycles. The minimum absolute atomic E-state index is 0.0148. The van der Waals surface area contributed by atoms with E-state index in [4.69, 9.17) is 0 Å². The summed E-state index contributed by atoms with van der Waals surface area (Å²) < 4.78 is 5.97. The number of aryl methyl sites for hydroxylation is 1. The molecule has 1 N–H and O–H groups in total. The molecule has 2 unspecified atom stereocenters. The molecule has 9 nitrogen and oxygen atoms in total. The number of allylic oxidation sites excluding steroid dienone is 1. The lowest BCUT2D eigenvalue weighted by Crippen LogP contribution is -2.37. The molecule has 9 heteroatoms. The zero-order chi connectivity index (χ0) is 25.8. The third-order valence-corrected chi connectivity index (χ3v) is 7.44. The minimum atomic E-state index is -0.433. The summed E-state index contributed by atoms with van der Waals surface area (Å²) in [5.74, 6) is 1.45. The van der Waals surface area contributed by atoms with Crippen molar-refractivity contribution in [3.8, 4) is 17.2 Å². The summed E-state index contributed by atoms with van der Waals surface area (Å²) in [5, 5.41) is 14.5. The molecule has 0 fully saturated rings. The van der Waals surface area contributed by atoms with Gasteiger partial charge < -0.3 is 4.57 Å². The molecule has 1 aliphatic rings. The van der Waals surface area contributed by atoms with Gasteiger partial charge in [-0.2, -0.15) is 5.21 Å². The van der Waals surface area contributed by atoms with E-state index in [1.165, 1.54) is 0 Å². The van der Waals surface area contributed by atoms with E-state index in [0.29, 0.717) is 24.8 Å². The van der Waals surface area contributed by atoms with Crippen molar-refractivity contribution in [1.29, 1.82) is 0 Å². The molecule has 0 spiro atoms. The van der Waals surface area contributed by atoms with Gasteiger partial charge in [0.15, 0.2) is 0 Å². The summed E-state index contributed by atoms with van der Waals surface area (Å²) in [6.07, 6.45) is 14.6. The molecular formula is C28H34N8O. The van der Waals surface area contributed by atoms with Gasteiger partial charge in [0.1, 0.15) is 5.82 Å². The smallest absolute Gasteiger partial charge is 0.331 e. The monoisotopic (exact) mass is 498 g/mol. The predicted molar refractivity (Wildman–Crippen MR) is 145 cm³/mol. The minimum Gasteiger partial charge on any atom is -0.331 e. The lowest BCUT2D eigenvalue weighted by atomic mass is 9.76. The Morgan fingerprint density at radius 2 is 2.08 bits per heavy atom. The van der Waals surface area contributed by atoms with Crippen molar-refractivity contribution in [2.24, 2.45) is 4.99 Å². The van der Waals surface area contributed by atoms with Crippen LogP contribution in [-0.4, -0.2) is 40.5 Å². The van der Waals surface area contributed by atoms with E-state index >= 15 is 0 Å². The summed E-state index contributed by atoms with van der Waals surface area (Å²) in [6, 6.07) is 12.5. The first-order valence-corrected chi connectivity index (χ1v) is 13.1. The average Bonchev–Trinajstić information content (AvgIpc) is 3.70. The molecule has 4 aromatic rings. The van der Waals surface area contributed by atoms with Crippen LogP contribution in [0, 0.1) is 0 Å². The van der Waals surface area contributed by atoms with Gasteiger partial charge in [-0.25, -0.2) is 4.79 Å². The molecule has 1 aliphatic heterocycles. The number of nitrogens with zero attached hydrogens (tertiary/aromatic N) is 7. The third kappa shape index (κ3) is 4.73. The zero-order valence-corrected chi connectivity index (χ0v) is 21.7. The van der Waals surface area contributed by atoms with Crippen LogP contribution in [0.4, 0.5) is 0 Å². The van der Waals surface area contributed by atoms with Gasteiger partial charge in [-0.05, 0) is 61.6 Å². The zero-order valence-electron chi connectivity index (χ0n) is 21.7. The van der Waals surface area contributed by atoms with E-state index in [1.54, 1.807) is 0 Å². The van der Waals surface area contributed by atoms with E-state index in [1.807, 2.05) is 52.0 Å². The number of aromatic amines is 1. The first-order valence-electron chi connectivity index (χ1n) is 13.1. The van der Waals surface area contributed by atoms with Crippen molar-refractivity contribution < 1.29 is 0 Å². The van der Waals surface area contributed by atoms with E-state index in [9.17, 15) is 4.79 Å². The Hall–Kier alpha value is -4.01. The summed E-state index contributed by atoms with van der Waals surface area (Å²) in [5.41, 5.74) is 2.56. The molecule has 0 saturated heterocycles. The molecule has 0 amide bonds. The number of aromatic nitrogens is 7. The molecule has 0 bridgehead atoms. The summed E-state index contributed by atoms with van der Waals surface area (Å²) in [7, 11) is 0. The highest BCUT2D eigenvalue weighted by Crippen LogP contribution is 2.35. The van der Waals surface area contributed by atoms with Gasteiger partial charge in [0.2, 0.25) is 5.82 Å². The molecule has 5 rings (SSSR count). The highest BCUT2D eigenvalue weighted by molar-refractivity contribution is 5.65. The molecular weight excluding hydrogens is 464 g/mol. The van der Waals surface area contributed by atoms with Crippen molar-refractivity contribution in [3.63, 3.8) is 0 Å². The van der Waals surface area contributed by atoms with Gasteiger partial charge >= 0.3 is 5.69 Å². The summed E-state index contributed by atoms with van der Waals surface area (Å²) in [6.45, 7) is 7.04. The third-order valence-electron chi connectivity index (χ3n) is 7.44. The van der Waals surface area contributed by atoms with E-state index in [0.717, 1.165) is 48.3 Å².